The first-order valence-electron chi connectivity index (χ1n) is 9.70. The highest BCUT2D eigenvalue weighted by molar-refractivity contribution is 6.30. The third-order valence-electron chi connectivity index (χ3n) is 5.75. The number of benzene rings is 1. The van der Waals surface area contributed by atoms with Crippen LogP contribution in [0.25, 0.3) is 0 Å². The standard InChI is InChI=1S/C20H22ClF3N4O/c1-12-6-8-27(9-7-12)19(29)16-11-18-25-15(13-2-4-14(21)5-3-13)10-17(20(22,23)24)28(18)26-16/h2-5,11-12,15,17,25H,6-10H2,1H3. The Balaban J connectivity index is 1.63. The zero-order chi connectivity index (χ0) is 20.8. The van der Waals surface area contributed by atoms with E-state index in [0.717, 1.165) is 17.5 Å². The molecule has 29 heavy (non-hydrogen) atoms. The van der Waals surface area contributed by atoms with Gasteiger partial charge in [0.25, 0.3) is 5.91 Å². The highest BCUT2D eigenvalue weighted by Crippen LogP contribution is 2.43. The van der Waals surface area contributed by atoms with Crippen molar-refractivity contribution in [3.05, 3.63) is 46.6 Å². The van der Waals surface area contributed by atoms with Gasteiger partial charge in [0.2, 0.25) is 0 Å². The first kappa shape index (κ1) is 20.1. The Hall–Kier alpha value is -2.22. The number of fused-ring (bicyclic) bond motifs is 1. The molecule has 0 radical (unpaired) electrons. The van der Waals surface area contributed by atoms with Crippen molar-refractivity contribution in [2.45, 2.75) is 44.4 Å². The first-order chi connectivity index (χ1) is 13.7. The summed E-state index contributed by atoms with van der Waals surface area (Å²) in [6, 6.07) is 5.80. The summed E-state index contributed by atoms with van der Waals surface area (Å²) < 4.78 is 42.2. The average Bonchev–Trinajstić information content (AvgIpc) is 3.11. The van der Waals surface area contributed by atoms with Crippen LogP contribution in [-0.4, -0.2) is 39.9 Å². The predicted octanol–water partition coefficient (Wildman–Crippen LogP) is 5.07. The zero-order valence-corrected chi connectivity index (χ0v) is 16.7. The minimum Gasteiger partial charge on any atom is -0.363 e. The maximum Gasteiger partial charge on any atom is 0.410 e. The maximum absolute atomic E-state index is 13.8. The lowest BCUT2D eigenvalue weighted by Crippen LogP contribution is -2.38. The van der Waals surface area contributed by atoms with E-state index in [2.05, 4.69) is 17.3 Å². The summed E-state index contributed by atoms with van der Waals surface area (Å²) in [6.07, 6.45) is -2.91. The molecule has 1 fully saturated rings. The van der Waals surface area contributed by atoms with E-state index < -0.39 is 18.3 Å². The SMILES string of the molecule is CC1CCN(C(=O)c2cc3n(n2)C(C(F)(F)F)CC(c2ccc(Cl)cc2)N3)CC1. The van der Waals surface area contributed by atoms with Gasteiger partial charge in [-0.15, -0.1) is 0 Å². The zero-order valence-electron chi connectivity index (χ0n) is 15.9. The molecule has 4 rings (SSSR count). The van der Waals surface area contributed by atoms with Gasteiger partial charge >= 0.3 is 6.18 Å². The number of alkyl halides is 3. The molecule has 2 aliphatic heterocycles. The molecule has 9 heteroatoms. The normalized spacial score (nSPS) is 22.9. The number of piperidine rings is 1. The quantitative estimate of drug-likeness (QED) is 0.729. The Bertz CT molecular complexity index is 888. The van der Waals surface area contributed by atoms with Gasteiger partial charge in [-0.25, -0.2) is 4.68 Å². The summed E-state index contributed by atoms with van der Waals surface area (Å²) in [5.74, 6) is 0.433. The molecular formula is C20H22ClF3N4O. The fourth-order valence-corrected chi connectivity index (χ4v) is 4.09. The average molecular weight is 427 g/mol. The van der Waals surface area contributed by atoms with Crippen molar-refractivity contribution in [2.24, 2.45) is 5.92 Å². The van der Waals surface area contributed by atoms with Crippen LogP contribution in [0.15, 0.2) is 30.3 Å². The second-order valence-electron chi connectivity index (χ2n) is 7.88. The van der Waals surface area contributed by atoms with E-state index in [9.17, 15) is 18.0 Å². The van der Waals surface area contributed by atoms with E-state index in [1.807, 2.05) is 0 Å². The van der Waals surface area contributed by atoms with Crippen LogP contribution in [0.4, 0.5) is 19.0 Å². The number of halogens is 4. The number of likely N-dealkylation sites (tertiary alicyclic amines) is 1. The van der Waals surface area contributed by atoms with Crippen LogP contribution in [-0.2, 0) is 0 Å². The lowest BCUT2D eigenvalue weighted by molar-refractivity contribution is -0.173. The molecule has 2 aliphatic rings. The minimum absolute atomic E-state index is 0.0491. The number of hydrogen-bond acceptors (Lipinski definition) is 3. The summed E-state index contributed by atoms with van der Waals surface area (Å²) in [7, 11) is 0. The van der Waals surface area contributed by atoms with Crippen molar-refractivity contribution in [1.82, 2.24) is 14.7 Å². The summed E-state index contributed by atoms with van der Waals surface area (Å²) in [4.78, 5) is 14.5. The largest absolute Gasteiger partial charge is 0.410 e. The Morgan fingerprint density at radius 2 is 1.86 bits per heavy atom. The number of nitrogens with zero attached hydrogens (tertiary/aromatic N) is 3. The Morgan fingerprint density at radius 1 is 1.21 bits per heavy atom. The number of carbonyl (C=O) groups is 1. The van der Waals surface area contributed by atoms with Crippen LogP contribution < -0.4 is 5.32 Å². The van der Waals surface area contributed by atoms with Gasteiger partial charge in [0.15, 0.2) is 11.7 Å². The molecule has 0 spiro atoms. The number of rotatable bonds is 2. The molecule has 2 unspecified atom stereocenters. The van der Waals surface area contributed by atoms with Crippen molar-refractivity contribution < 1.29 is 18.0 Å². The van der Waals surface area contributed by atoms with Crippen molar-refractivity contribution in [3.63, 3.8) is 0 Å². The van der Waals surface area contributed by atoms with Crippen LogP contribution in [0.5, 0.6) is 0 Å². The molecule has 1 amide bonds. The molecular weight excluding hydrogens is 405 g/mol. The van der Waals surface area contributed by atoms with Gasteiger partial charge in [-0.3, -0.25) is 4.79 Å². The summed E-state index contributed by atoms with van der Waals surface area (Å²) in [5, 5.41) is 7.68. The van der Waals surface area contributed by atoms with Crippen LogP contribution in [0.1, 0.15) is 54.3 Å². The van der Waals surface area contributed by atoms with Gasteiger partial charge in [-0.2, -0.15) is 18.3 Å². The van der Waals surface area contributed by atoms with Gasteiger partial charge in [0, 0.05) is 30.6 Å². The van der Waals surface area contributed by atoms with E-state index in [-0.39, 0.29) is 23.8 Å². The van der Waals surface area contributed by atoms with Gasteiger partial charge < -0.3 is 10.2 Å². The van der Waals surface area contributed by atoms with Gasteiger partial charge in [-0.05, 0) is 36.5 Å². The van der Waals surface area contributed by atoms with E-state index in [1.54, 1.807) is 29.2 Å². The molecule has 5 nitrogen and oxygen atoms in total. The molecule has 156 valence electrons. The molecule has 1 saturated heterocycles. The Morgan fingerprint density at radius 3 is 2.48 bits per heavy atom. The number of hydrogen-bond donors (Lipinski definition) is 1. The first-order valence-corrected chi connectivity index (χ1v) is 10.1. The molecule has 0 saturated carbocycles. The molecule has 1 aromatic heterocycles. The second kappa shape index (κ2) is 7.55. The summed E-state index contributed by atoms with van der Waals surface area (Å²) >= 11 is 5.90. The van der Waals surface area contributed by atoms with Gasteiger partial charge in [-0.1, -0.05) is 30.7 Å². The highest BCUT2D eigenvalue weighted by atomic mass is 35.5. The van der Waals surface area contributed by atoms with E-state index in [0.29, 0.717) is 29.6 Å². The number of nitrogens with one attached hydrogen (secondary N) is 1. The van der Waals surface area contributed by atoms with E-state index in [4.69, 9.17) is 11.6 Å². The van der Waals surface area contributed by atoms with Crippen molar-refractivity contribution in [3.8, 4) is 0 Å². The number of anilines is 1. The topological polar surface area (TPSA) is 50.2 Å². The molecule has 2 aromatic rings. The molecule has 1 N–H and O–H groups in total. The molecule has 1 aromatic carbocycles. The Kier molecular flexibility index (Phi) is 5.23. The van der Waals surface area contributed by atoms with Crippen molar-refractivity contribution >= 4 is 23.3 Å². The molecule has 0 bridgehead atoms. The van der Waals surface area contributed by atoms with Crippen LogP contribution in [0, 0.1) is 5.92 Å². The minimum atomic E-state index is -4.48. The predicted molar refractivity (Wildman–Crippen MR) is 104 cm³/mol. The summed E-state index contributed by atoms with van der Waals surface area (Å²) in [5.41, 5.74) is 0.752. The molecule has 2 atom stereocenters. The maximum atomic E-state index is 13.8. The van der Waals surface area contributed by atoms with Crippen LogP contribution in [0.3, 0.4) is 0 Å². The number of amides is 1. The third kappa shape index (κ3) is 4.08. The fourth-order valence-electron chi connectivity index (χ4n) is 3.97. The molecule has 0 aliphatic carbocycles. The smallest absolute Gasteiger partial charge is 0.363 e. The van der Waals surface area contributed by atoms with E-state index >= 15 is 0 Å². The number of carbonyl (C=O) groups excluding carboxylic acids is 1. The summed E-state index contributed by atoms with van der Waals surface area (Å²) in [6.45, 7) is 3.34. The van der Waals surface area contributed by atoms with Crippen molar-refractivity contribution in [2.75, 3.05) is 18.4 Å². The van der Waals surface area contributed by atoms with Crippen LogP contribution in [0.2, 0.25) is 5.02 Å². The third-order valence-corrected chi connectivity index (χ3v) is 6.00. The van der Waals surface area contributed by atoms with Gasteiger partial charge in [0.1, 0.15) is 5.82 Å². The lowest BCUT2D eigenvalue weighted by Gasteiger charge is -2.33. The van der Waals surface area contributed by atoms with Crippen LogP contribution >= 0.6 is 11.6 Å². The number of aromatic nitrogens is 2. The molecule has 3 heterocycles. The highest BCUT2D eigenvalue weighted by Gasteiger charge is 2.47. The Labute approximate surface area is 171 Å². The second-order valence-corrected chi connectivity index (χ2v) is 8.31. The lowest BCUT2D eigenvalue weighted by atomic mass is 9.97. The monoisotopic (exact) mass is 426 g/mol. The van der Waals surface area contributed by atoms with Crippen molar-refractivity contribution in [1.29, 1.82) is 0 Å². The fraction of sp³-hybridized carbons (Fsp3) is 0.500. The van der Waals surface area contributed by atoms with Gasteiger partial charge in [0.05, 0.1) is 6.04 Å². The van der Waals surface area contributed by atoms with E-state index in [1.165, 1.54) is 6.07 Å².